The summed E-state index contributed by atoms with van der Waals surface area (Å²) in [5.74, 6) is -0.255. The van der Waals surface area contributed by atoms with Crippen LogP contribution in [0.5, 0.6) is 0 Å². The van der Waals surface area contributed by atoms with Crippen LogP contribution in [0.3, 0.4) is 0 Å². The number of halogens is 1. The molecule has 0 aliphatic heterocycles. The van der Waals surface area contributed by atoms with Crippen LogP contribution in [0.15, 0.2) is 53.9 Å². The molecule has 4 aromatic rings. The molecule has 0 spiro atoms. The van der Waals surface area contributed by atoms with Gasteiger partial charge in [0.25, 0.3) is 0 Å². The zero-order chi connectivity index (χ0) is 16.7. The third-order valence-electron chi connectivity index (χ3n) is 4.12. The fourth-order valence-corrected chi connectivity index (χ4v) is 3.79. The minimum absolute atomic E-state index is 0.255. The zero-order valence-corrected chi connectivity index (χ0v) is 14.0. The average Bonchev–Trinajstić information content (AvgIpc) is 3.15. The molecule has 0 atom stereocenters. The number of imidazole rings is 1. The summed E-state index contributed by atoms with van der Waals surface area (Å²) in [6, 6.07) is 14.8. The van der Waals surface area contributed by atoms with Gasteiger partial charge in [0.1, 0.15) is 5.82 Å². The van der Waals surface area contributed by atoms with Crippen LogP contribution in [0.1, 0.15) is 11.3 Å². The van der Waals surface area contributed by atoms with E-state index in [9.17, 15) is 4.39 Å². The van der Waals surface area contributed by atoms with Crippen LogP contribution in [-0.2, 0) is 6.54 Å². The molecular weight excluding hydrogens is 321 g/mol. The Morgan fingerprint density at radius 1 is 1.04 bits per heavy atom. The van der Waals surface area contributed by atoms with E-state index in [1.165, 1.54) is 17.7 Å². The molecule has 120 valence electrons. The predicted molar refractivity (Wildman–Crippen MR) is 96.5 cm³/mol. The van der Waals surface area contributed by atoms with Crippen molar-refractivity contribution < 1.29 is 4.39 Å². The molecule has 0 fully saturated rings. The maximum atomic E-state index is 13.2. The zero-order valence-electron chi connectivity index (χ0n) is 13.2. The molecule has 2 aromatic carbocycles. The standard InChI is InChI=1S/C19H16FN3S/c1-12-2-4-13(5-3-12)17-11-24-19-22-18(16(10-21)23(17)19)14-6-8-15(20)9-7-14/h2-9,11H,10,21H2,1H3. The summed E-state index contributed by atoms with van der Waals surface area (Å²) in [6.07, 6.45) is 0. The summed E-state index contributed by atoms with van der Waals surface area (Å²) in [6.45, 7) is 2.44. The van der Waals surface area contributed by atoms with Gasteiger partial charge in [-0.15, -0.1) is 11.3 Å². The van der Waals surface area contributed by atoms with E-state index in [1.54, 1.807) is 23.5 Å². The molecule has 24 heavy (non-hydrogen) atoms. The molecular formula is C19H16FN3S. The van der Waals surface area contributed by atoms with Crippen LogP contribution < -0.4 is 5.73 Å². The van der Waals surface area contributed by atoms with Gasteiger partial charge in [0.05, 0.1) is 17.1 Å². The molecule has 2 N–H and O–H groups in total. The number of thiazole rings is 1. The number of aryl methyl sites for hydroxylation is 1. The Kier molecular flexibility index (Phi) is 3.67. The molecule has 0 saturated heterocycles. The summed E-state index contributed by atoms with van der Waals surface area (Å²) >= 11 is 1.58. The van der Waals surface area contributed by atoms with Crippen LogP contribution in [0.25, 0.3) is 27.5 Å². The second kappa shape index (κ2) is 5.85. The van der Waals surface area contributed by atoms with Crippen LogP contribution in [0, 0.1) is 12.7 Å². The molecule has 0 amide bonds. The predicted octanol–water partition coefficient (Wildman–Crippen LogP) is 4.64. The first-order chi connectivity index (χ1) is 11.7. The molecule has 0 radical (unpaired) electrons. The van der Waals surface area contributed by atoms with Crippen molar-refractivity contribution in [1.82, 2.24) is 9.38 Å². The van der Waals surface area contributed by atoms with Gasteiger partial charge in [-0.25, -0.2) is 9.37 Å². The number of nitrogens with two attached hydrogens (primary N) is 1. The summed E-state index contributed by atoms with van der Waals surface area (Å²) in [5.41, 5.74) is 12.1. The summed E-state index contributed by atoms with van der Waals surface area (Å²) < 4.78 is 15.3. The molecule has 2 aromatic heterocycles. The Morgan fingerprint density at radius 2 is 1.71 bits per heavy atom. The van der Waals surface area contributed by atoms with Gasteiger partial charge >= 0.3 is 0 Å². The summed E-state index contributed by atoms with van der Waals surface area (Å²) in [5, 5.41) is 2.10. The van der Waals surface area contributed by atoms with Gasteiger partial charge in [-0.1, -0.05) is 29.8 Å². The highest BCUT2D eigenvalue weighted by Crippen LogP contribution is 2.32. The van der Waals surface area contributed by atoms with E-state index in [4.69, 9.17) is 10.7 Å². The molecule has 3 nitrogen and oxygen atoms in total. The molecule has 0 saturated carbocycles. The third-order valence-corrected chi connectivity index (χ3v) is 4.94. The second-order valence-corrected chi connectivity index (χ2v) is 6.56. The van der Waals surface area contributed by atoms with E-state index in [0.29, 0.717) is 6.54 Å². The minimum Gasteiger partial charge on any atom is -0.325 e. The molecule has 4 rings (SSSR count). The SMILES string of the molecule is Cc1ccc(-c2csc3nc(-c4ccc(F)cc4)c(CN)n23)cc1. The summed E-state index contributed by atoms with van der Waals surface area (Å²) in [7, 11) is 0. The smallest absolute Gasteiger partial charge is 0.195 e. The van der Waals surface area contributed by atoms with Crippen molar-refractivity contribution in [2.45, 2.75) is 13.5 Å². The maximum Gasteiger partial charge on any atom is 0.195 e. The number of fused-ring (bicyclic) bond motifs is 1. The normalized spacial score (nSPS) is 11.3. The first-order valence-corrected chi connectivity index (χ1v) is 8.57. The third kappa shape index (κ3) is 2.42. The van der Waals surface area contributed by atoms with Crippen molar-refractivity contribution in [2.24, 2.45) is 5.73 Å². The molecule has 0 aliphatic rings. The average molecular weight is 337 g/mol. The number of aromatic nitrogens is 2. The van der Waals surface area contributed by atoms with Crippen LogP contribution in [0.4, 0.5) is 4.39 Å². The van der Waals surface area contributed by atoms with E-state index in [2.05, 4.69) is 41.0 Å². The Bertz CT molecular complexity index is 998. The number of benzene rings is 2. The van der Waals surface area contributed by atoms with Gasteiger partial charge < -0.3 is 5.73 Å². The molecule has 5 heteroatoms. The first kappa shape index (κ1) is 15.1. The van der Waals surface area contributed by atoms with Gasteiger partial charge in [0.15, 0.2) is 4.96 Å². The largest absolute Gasteiger partial charge is 0.325 e. The number of hydrogen-bond donors (Lipinski definition) is 1. The van der Waals surface area contributed by atoms with Gasteiger partial charge in [-0.3, -0.25) is 4.40 Å². The Hall–Kier alpha value is -2.50. The molecule has 2 heterocycles. The fraction of sp³-hybridized carbons (Fsp3) is 0.105. The van der Waals surface area contributed by atoms with Gasteiger partial charge in [-0.2, -0.15) is 0 Å². The lowest BCUT2D eigenvalue weighted by Gasteiger charge is -2.06. The van der Waals surface area contributed by atoms with Crippen molar-refractivity contribution in [2.75, 3.05) is 0 Å². The maximum absolute atomic E-state index is 13.2. The van der Waals surface area contributed by atoms with E-state index in [-0.39, 0.29) is 5.82 Å². The van der Waals surface area contributed by atoms with Gasteiger partial charge in [0.2, 0.25) is 0 Å². The Labute approximate surface area is 143 Å². The number of hydrogen-bond acceptors (Lipinski definition) is 3. The van der Waals surface area contributed by atoms with E-state index < -0.39 is 0 Å². The lowest BCUT2D eigenvalue weighted by atomic mass is 10.1. The Morgan fingerprint density at radius 3 is 2.38 bits per heavy atom. The van der Waals surface area contributed by atoms with Crippen molar-refractivity contribution >= 4 is 16.3 Å². The Balaban J connectivity index is 1.92. The van der Waals surface area contributed by atoms with Crippen molar-refractivity contribution in [1.29, 1.82) is 0 Å². The fourth-order valence-electron chi connectivity index (χ4n) is 2.87. The number of rotatable bonds is 3. The quantitative estimate of drug-likeness (QED) is 0.592. The lowest BCUT2D eigenvalue weighted by molar-refractivity contribution is 0.628. The molecule has 0 aliphatic carbocycles. The van der Waals surface area contributed by atoms with E-state index in [0.717, 1.165) is 33.2 Å². The second-order valence-electron chi connectivity index (χ2n) is 5.72. The highest BCUT2D eigenvalue weighted by atomic mass is 32.1. The van der Waals surface area contributed by atoms with E-state index in [1.807, 2.05) is 0 Å². The van der Waals surface area contributed by atoms with Gasteiger partial charge in [-0.05, 0) is 36.8 Å². The number of nitrogens with zero attached hydrogens (tertiary/aromatic N) is 2. The van der Waals surface area contributed by atoms with Crippen molar-refractivity contribution in [3.8, 4) is 22.5 Å². The topological polar surface area (TPSA) is 43.3 Å². The van der Waals surface area contributed by atoms with E-state index >= 15 is 0 Å². The van der Waals surface area contributed by atoms with Crippen LogP contribution >= 0.6 is 11.3 Å². The molecule has 0 unspecified atom stereocenters. The highest BCUT2D eigenvalue weighted by Gasteiger charge is 2.17. The summed E-state index contributed by atoms with van der Waals surface area (Å²) in [4.78, 5) is 5.62. The van der Waals surface area contributed by atoms with Gasteiger partial charge in [0, 0.05) is 17.5 Å². The molecule has 0 bridgehead atoms. The van der Waals surface area contributed by atoms with Crippen LogP contribution in [0.2, 0.25) is 0 Å². The van der Waals surface area contributed by atoms with Crippen LogP contribution in [-0.4, -0.2) is 9.38 Å². The minimum atomic E-state index is -0.255. The van der Waals surface area contributed by atoms with Crippen molar-refractivity contribution in [3.05, 3.63) is 71.0 Å². The van der Waals surface area contributed by atoms with Crippen molar-refractivity contribution in [3.63, 3.8) is 0 Å². The lowest BCUT2D eigenvalue weighted by Crippen LogP contribution is -2.03. The monoisotopic (exact) mass is 337 g/mol. The highest BCUT2D eigenvalue weighted by molar-refractivity contribution is 7.15. The first-order valence-electron chi connectivity index (χ1n) is 7.69.